The third kappa shape index (κ3) is 5.58. The van der Waals surface area contributed by atoms with Gasteiger partial charge >= 0.3 is 0 Å². The van der Waals surface area contributed by atoms with E-state index in [-0.39, 0.29) is 30.6 Å². The molecule has 2 aromatic carbocycles. The van der Waals surface area contributed by atoms with Crippen LogP contribution in [0.25, 0.3) is 0 Å². The number of carbonyl (C=O) groups excluding carboxylic acids is 3. The van der Waals surface area contributed by atoms with E-state index in [1.54, 1.807) is 60.5 Å². The maximum Gasteiger partial charge on any atom is 0.257 e. The van der Waals surface area contributed by atoms with Crippen LogP contribution in [0, 0.1) is 0 Å². The molecule has 2 saturated heterocycles. The highest BCUT2D eigenvalue weighted by molar-refractivity contribution is 6.30. The van der Waals surface area contributed by atoms with Gasteiger partial charge in [-0.15, -0.1) is 0 Å². The number of methoxy groups -OCH3 is 1. The van der Waals surface area contributed by atoms with Gasteiger partial charge in [0, 0.05) is 31.2 Å². The van der Waals surface area contributed by atoms with Crippen molar-refractivity contribution in [3.05, 3.63) is 59.1 Å². The van der Waals surface area contributed by atoms with Gasteiger partial charge in [0.25, 0.3) is 5.91 Å². The van der Waals surface area contributed by atoms with Crippen molar-refractivity contribution in [1.82, 2.24) is 9.80 Å². The number of halogens is 1. The van der Waals surface area contributed by atoms with E-state index < -0.39 is 6.04 Å². The first-order valence-corrected chi connectivity index (χ1v) is 11.7. The molecule has 180 valence electrons. The van der Waals surface area contributed by atoms with E-state index in [1.165, 1.54) is 4.90 Å². The monoisotopic (exact) mass is 485 g/mol. The van der Waals surface area contributed by atoms with Gasteiger partial charge in [-0.25, -0.2) is 4.90 Å². The van der Waals surface area contributed by atoms with Crippen molar-refractivity contribution in [2.45, 2.75) is 18.9 Å². The van der Waals surface area contributed by atoms with Crippen LogP contribution in [0.15, 0.2) is 48.5 Å². The van der Waals surface area contributed by atoms with Gasteiger partial charge in [0.2, 0.25) is 11.8 Å². The Hall–Kier alpha value is -2.94. The highest BCUT2D eigenvalue weighted by atomic mass is 35.5. The minimum Gasteiger partial charge on any atom is -0.497 e. The molecular formula is C25H28ClN3O5. The second kappa shape index (κ2) is 11.0. The molecule has 0 saturated carbocycles. The first kappa shape index (κ1) is 24.2. The van der Waals surface area contributed by atoms with Crippen LogP contribution < -0.4 is 9.64 Å². The van der Waals surface area contributed by atoms with Gasteiger partial charge in [0.15, 0.2) is 0 Å². The highest BCUT2D eigenvalue weighted by Gasteiger charge is 2.44. The lowest BCUT2D eigenvalue weighted by Crippen LogP contribution is -2.50. The second-order valence-electron chi connectivity index (χ2n) is 8.33. The lowest BCUT2D eigenvalue weighted by molar-refractivity contribution is -0.138. The highest BCUT2D eigenvalue weighted by Crippen LogP contribution is 2.28. The first-order valence-electron chi connectivity index (χ1n) is 11.3. The minimum atomic E-state index is -0.838. The van der Waals surface area contributed by atoms with Crippen molar-refractivity contribution >= 4 is 35.0 Å². The third-order valence-corrected chi connectivity index (χ3v) is 6.43. The standard InChI is InChI=1S/C25H28ClN3O5/c1-33-21-8-6-20(7-9-21)29-24(31)17-22(25(29)32)28(11-10-27-12-14-34-15-13-27)23(30)16-18-2-4-19(26)5-3-18/h2-9,22H,10-17H2,1H3. The Morgan fingerprint density at radius 2 is 1.76 bits per heavy atom. The lowest BCUT2D eigenvalue weighted by Gasteiger charge is -2.32. The van der Waals surface area contributed by atoms with Gasteiger partial charge in [0.1, 0.15) is 11.8 Å². The molecule has 0 radical (unpaired) electrons. The summed E-state index contributed by atoms with van der Waals surface area (Å²) in [6, 6.07) is 13.0. The summed E-state index contributed by atoms with van der Waals surface area (Å²) in [4.78, 5) is 44.6. The zero-order chi connectivity index (χ0) is 24.1. The topological polar surface area (TPSA) is 79.4 Å². The summed E-state index contributed by atoms with van der Waals surface area (Å²) in [6.07, 6.45) is 0.0844. The van der Waals surface area contributed by atoms with Crippen LogP contribution >= 0.6 is 11.6 Å². The summed E-state index contributed by atoms with van der Waals surface area (Å²) in [5, 5.41) is 0.590. The maximum absolute atomic E-state index is 13.4. The van der Waals surface area contributed by atoms with Crippen LogP contribution in [0.3, 0.4) is 0 Å². The Kier molecular flexibility index (Phi) is 7.82. The molecule has 4 rings (SSSR count). The quantitative estimate of drug-likeness (QED) is 0.534. The average Bonchev–Trinajstić information content (AvgIpc) is 3.15. The van der Waals surface area contributed by atoms with Gasteiger partial charge in [-0.05, 0) is 42.0 Å². The van der Waals surface area contributed by atoms with Crippen LogP contribution in [-0.2, 0) is 25.5 Å². The normalized spacial score (nSPS) is 18.9. The van der Waals surface area contributed by atoms with Crippen LogP contribution in [0.5, 0.6) is 5.75 Å². The Morgan fingerprint density at radius 1 is 1.09 bits per heavy atom. The molecule has 1 unspecified atom stereocenters. The molecule has 34 heavy (non-hydrogen) atoms. The number of nitrogens with zero attached hydrogens (tertiary/aromatic N) is 3. The Balaban J connectivity index is 1.53. The van der Waals surface area contributed by atoms with E-state index in [4.69, 9.17) is 21.1 Å². The Bertz CT molecular complexity index is 1020. The van der Waals surface area contributed by atoms with E-state index >= 15 is 0 Å². The van der Waals surface area contributed by atoms with E-state index in [0.29, 0.717) is 42.8 Å². The van der Waals surface area contributed by atoms with Gasteiger partial charge in [-0.1, -0.05) is 23.7 Å². The van der Waals surface area contributed by atoms with Crippen LogP contribution in [-0.4, -0.2) is 80.1 Å². The summed E-state index contributed by atoms with van der Waals surface area (Å²) in [5.41, 5.74) is 1.27. The molecule has 2 aliphatic rings. The molecule has 2 fully saturated rings. The summed E-state index contributed by atoms with van der Waals surface area (Å²) < 4.78 is 10.6. The minimum absolute atomic E-state index is 0.0413. The largest absolute Gasteiger partial charge is 0.497 e. The summed E-state index contributed by atoms with van der Waals surface area (Å²) >= 11 is 5.97. The number of anilines is 1. The van der Waals surface area contributed by atoms with Crippen molar-refractivity contribution in [2.75, 3.05) is 51.4 Å². The maximum atomic E-state index is 13.4. The van der Waals surface area contributed by atoms with Gasteiger partial charge < -0.3 is 14.4 Å². The second-order valence-corrected chi connectivity index (χ2v) is 8.77. The molecule has 2 aliphatic heterocycles. The predicted molar refractivity (Wildman–Crippen MR) is 128 cm³/mol. The zero-order valence-corrected chi connectivity index (χ0v) is 19.9. The van der Waals surface area contributed by atoms with E-state index in [0.717, 1.165) is 18.7 Å². The zero-order valence-electron chi connectivity index (χ0n) is 19.1. The van der Waals surface area contributed by atoms with E-state index in [1.807, 2.05) is 0 Å². The molecule has 2 aromatic rings. The van der Waals surface area contributed by atoms with Gasteiger partial charge in [-0.2, -0.15) is 0 Å². The molecule has 0 aliphatic carbocycles. The number of benzene rings is 2. The third-order valence-electron chi connectivity index (χ3n) is 6.18. The fourth-order valence-corrected chi connectivity index (χ4v) is 4.39. The number of amides is 3. The van der Waals surface area contributed by atoms with E-state index in [2.05, 4.69) is 4.90 Å². The van der Waals surface area contributed by atoms with Crippen LogP contribution in [0.4, 0.5) is 5.69 Å². The fourth-order valence-electron chi connectivity index (χ4n) is 4.27. The molecular weight excluding hydrogens is 458 g/mol. The van der Waals surface area contributed by atoms with Crippen LogP contribution in [0.1, 0.15) is 12.0 Å². The number of imide groups is 1. The number of rotatable bonds is 8. The van der Waals surface area contributed by atoms with Crippen molar-refractivity contribution in [3.8, 4) is 5.75 Å². The molecule has 0 bridgehead atoms. The van der Waals surface area contributed by atoms with Crippen molar-refractivity contribution in [3.63, 3.8) is 0 Å². The van der Waals surface area contributed by atoms with Crippen LogP contribution in [0.2, 0.25) is 5.02 Å². The summed E-state index contributed by atoms with van der Waals surface area (Å²) in [6.45, 7) is 3.79. The predicted octanol–water partition coefficient (Wildman–Crippen LogP) is 2.38. The Morgan fingerprint density at radius 3 is 2.41 bits per heavy atom. The molecule has 3 amide bonds. The molecule has 2 heterocycles. The average molecular weight is 486 g/mol. The number of hydrogen-bond donors (Lipinski definition) is 0. The summed E-state index contributed by atoms with van der Waals surface area (Å²) in [5.74, 6) is -0.277. The van der Waals surface area contributed by atoms with Crippen molar-refractivity contribution < 1.29 is 23.9 Å². The SMILES string of the molecule is COc1ccc(N2C(=O)CC(N(CCN3CCOCC3)C(=O)Cc3ccc(Cl)cc3)C2=O)cc1. The number of carbonyl (C=O) groups is 3. The number of morpholine rings is 1. The lowest BCUT2D eigenvalue weighted by atomic mass is 10.1. The molecule has 0 spiro atoms. The molecule has 8 nitrogen and oxygen atoms in total. The number of hydrogen-bond acceptors (Lipinski definition) is 6. The van der Waals surface area contributed by atoms with Crippen molar-refractivity contribution in [1.29, 1.82) is 0 Å². The smallest absolute Gasteiger partial charge is 0.257 e. The molecule has 1 atom stereocenters. The molecule has 9 heteroatoms. The first-order chi connectivity index (χ1) is 16.5. The number of ether oxygens (including phenoxy) is 2. The molecule has 0 N–H and O–H groups in total. The molecule has 0 aromatic heterocycles. The van der Waals surface area contributed by atoms with Gasteiger partial charge in [-0.3, -0.25) is 19.3 Å². The van der Waals surface area contributed by atoms with Gasteiger partial charge in [0.05, 0.1) is 38.9 Å². The van der Waals surface area contributed by atoms with E-state index in [9.17, 15) is 14.4 Å². The Labute approximate surface area is 204 Å². The summed E-state index contributed by atoms with van der Waals surface area (Å²) in [7, 11) is 1.55. The van der Waals surface area contributed by atoms with Crippen molar-refractivity contribution in [2.24, 2.45) is 0 Å². The fraction of sp³-hybridized carbons (Fsp3) is 0.400.